The molecule has 0 heterocycles. The van der Waals surface area contributed by atoms with Gasteiger partial charge in [0.05, 0.1) is 19.7 Å². The molecule has 2 N–H and O–H groups in total. The average molecular weight is 464 g/mol. The number of nitrogens with one attached hydrogen (secondary N) is 2. The van der Waals surface area contributed by atoms with Gasteiger partial charge in [0.1, 0.15) is 0 Å². The smallest absolute Gasteiger partial charge is 0.387 e. The van der Waals surface area contributed by atoms with Crippen LogP contribution in [-0.2, 0) is 16.1 Å². The van der Waals surface area contributed by atoms with Gasteiger partial charge in [-0.1, -0.05) is 23.8 Å². The Morgan fingerprint density at radius 3 is 2.30 bits per heavy atom. The van der Waals surface area contributed by atoms with Gasteiger partial charge in [-0.25, -0.2) is 0 Å². The van der Waals surface area contributed by atoms with E-state index in [2.05, 4.69) is 15.4 Å². The van der Waals surface area contributed by atoms with Crippen molar-refractivity contribution in [1.82, 2.24) is 10.2 Å². The van der Waals surface area contributed by atoms with Gasteiger partial charge in [0.25, 0.3) is 0 Å². The zero-order chi connectivity index (χ0) is 24.5. The molecule has 2 aromatic carbocycles. The fourth-order valence-corrected chi connectivity index (χ4v) is 3.52. The molecule has 0 unspecified atom stereocenters. The summed E-state index contributed by atoms with van der Waals surface area (Å²) in [5, 5.41) is 5.46. The highest BCUT2D eigenvalue weighted by Gasteiger charge is 2.14. The minimum atomic E-state index is -2.95. The third-order valence-corrected chi connectivity index (χ3v) is 4.78. The highest BCUT2D eigenvalue weighted by atomic mass is 19.3. The van der Waals surface area contributed by atoms with Crippen molar-refractivity contribution in [2.45, 2.75) is 40.9 Å². The predicted molar refractivity (Wildman–Crippen MR) is 123 cm³/mol. The molecule has 0 aliphatic carbocycles. The third-order valence-electron chi connectivity index (χ3n) is 4.78. The van der Waals surface area contributed by atoms with Crippen LogP contribution in [0.25, 0.3) is 0 Å². The third kappa shape index (κ3) is 8.34. The molecule has 0 aliphatic heterocycles. The van der Waals surface area contributed by atoms with E-state index in [1.54, 1.807) is 31.0 Å². The summed E-state index contributed by atoms with van der Waals surface area (Å²) < 4.78 is 34.9. The molecule has 2 aromatic rings. The van der Waals surface area contributed by atoms with Gasteiger partial charge >= 0.3 is 6.61 Å². The molecular formula is C24H31F2N3O4. The highest BCUT2D eigenvalue weighted by molar-refractivity contribution is 5.96. The number of aryl methyl sites for hydroxylation is 3. The zero-order valence-electron chi connectivity index (χ0n) is 19.6. The van der Waals surface area contributed by atoms with E-state index in [0.717, 1.165) is 27.9 Å². The van der Waals surface area contributed by atoms with Crippen molar-refractivity contribution < 1.29 is 27.8 Å². The number of halogens is 2. The molecule has 0 radical (unpaired) electrons. The Hall–Kier alpha value is -3.20. The van der Waals surface area contributed by atoms with E-state index < -0.39 is 6.61 Å². The van der Waals surface area contributed by atoms with E-state index >= 15 is 0 Å². The van der Waals surface area contributed by atoms with Crippen LogP contribution in [0.2, 0.25) is 0 Å². The van der Waals surface area contributed by atoms with Crippen molar-refractivity contribution in [1.29, 1.82) is 0 Å². The largest absolute Gasteiger partial charge is 0.490 e. The van der Waals surface area contributed by atoms with Crippen molar-refractivity contribution in [3.8, 4) is 11.5 Å². The van der Waals surface area contributed by atoms with Crippen LogP contribution in [-0.4, -0.2) is 50.1 Å². The van der Waals surface area contributed by atoms with Crippen LogP contribution >= 0.6 is 0 Å². The molecule has 0 aliphatic rings. The van der Waals surface area contributed by atoms with Crippen LogP contribution < -0.4 is 20.1 Å². The van der Waals surface area contributed by atoms with Gasteiger partial charge in [-0.15, -0.1) is 0 Å². The molecule has 0 bridgehead atoms. The Morgan fingerprint density at radius 1 is 1.03 bits per heavy atom. The van der Waals surface area contributed by atoms with Crippen LogP contribution in [0.15, 0.2) is 30.3 Å². The van der Waals surface area contributed by atoms with E-state index in [9.17, 15) is 18.4 Å². The van der Waals surface area contributed by atoms with Gasteiger partial charge in [-0.2, -0.15) is 8.78 Å². The topological polar surface area (TPSA) is 79.9 Å². The SMILES string of the molecule is CCOc1cc(CN(C)CC(=O)NCC(=O)Nc2c(C)cc(C)cc2C)ccc1OC(F)F. The molecule has 9 heteroatoms. The lowest BCUT2D eigenvalue weighted by molar-refractivity contribution is -0.124. The molecule has 2 rings (SSSR count). The van der Waals surface area contributed by atoms with Crippen LogP contribution in [0.3, 0.4) is 0 Å². The first-order chi connectivity index (χ1) is 15.6. The Bertz CT molecular complexity index is 959. The van der Waals surface area contributed by atoms with Gasteiger partial charge in [-0.05, 0) is 63.6 Å². The molecule has 0 saturated heterocycles. The van der Waals surface area contributed by atoms with Gasteiger partial charge < -0.3 is 20.1 Å². The van der Waals surface area contributed by atoms with Crippen LogP contribution in [0.4, 0.5) is 14.5 Å². The van der Waals surface area contributed by atoms with Crippen molar-refractivity contribution in [3.05, 3.63) is 52.6 Å². The summed E-state index contributed by atoms with van der Waals surface area (Å²) in [5.41, 5.74) is 4.55. The molecular weight excluding hydrogens is 432 g/mol. The second kappa shape index (κ2) is 12.2. The number of rotatable bonds is 11. The fraction of sp³-hybridized carbons (Fsp3) is 0.417. The summed E-state index contributed by atoms with van der Waals surface area (Å²) in [5.74, 6) is -0.447. The molecule has 180 valence electrons. The minimum absolute atomic E-state index is 0.0407. The number of ether oxygens (including phenoxy) is 2. The van der Waals surface area contributed by atoms with E-state index in [-0.39, 0.29) is 36.4 Å². The Kier molecular flexibility index (Phi) is 9.59. The molecule has 2 amide bonds. The quantitative estimate of drug-likeness (QED) is 0.530. The zero-order valence-corrected chi connectivity index (χ0v) is 19.6. The number of likely N-dealkylation sites (N-methyl/N-ethyl adjacent to an activating group) is 1. The second-order valence-electron chi connectivity index (χ2n) is 7.86. The normalized spacial score (nSPS) is 10.9. The van der Waals surface area contributed by atoms with Gasteiger partial charge in [-0.3, -0.25) is 14.5 Å². The summed E-state index contributed by atoms with van der Waals surface area (Å²) in [6.45, 7) is 5.21. The maximum atomic E-state index is 12.5. The van der Waals surface area contributed by atoms with Crippen LogP contribution in [0.5, 0.6) is 11.5 Å². The maximum Gasteiger partial charge on any atom is 0.387 e. The number of anilines is 1. The standard InChI is InChI=1S/C24H31F2N3O4/c1-6-32-20-11-18(7-8-19(20)33-24(25)26)13-29(5)14-22(31)27-12-21(30)28-23-16(3)9-15(2)10-17(23)4/h7-11,24H,6,12-14H2,1-5H3,(H,27,31)(H,28,30). The summed E-state index contributed by atoms with van der Waals surface area (Å²) >= 11 is 0. The first-order valence-electron chi connectivity index (χ1n) is 10.6. The van der Waals surface area contributed by atoms with E-state index in [1.807, 2.05) is 32.9 Å². The molecule has 0 atom stereocenters. The van der Waals surface area contributed by atoms with Crippen molar-refractivity contribution in [2.24, 2.45) is 0 Å². The predicted octanol–water partition coefficient (Wildman–Crippen LogP) is 3.80. The van der Waals surface area contributed by atoms with Crippen molar-refractivity contribution in [2.75, 3.05) is 32.1 Å². The number of nitrogens with zero attached hydrogens (tertiary/aromatic N) is 1. The Labute approximate surface area is 193 Å². The van der Waals surface area contributed by atoms with Gasteiger partial charge in [0, 0.05) is 12.2 Å². The van der Waals surface area contributed by atoms with Gasteiger partial charge in [0.15, 0.2) is 11.5 Å². The molecule has 0 fully saturated rings. The van der Waals surface area contributed by atoms with Gasteiger partial charge in [0.2, 0.25) is 11.8 Å². The van der Waals surface area contributed by atoms with Crippen LogP contribution in [0, 0.1) is 20.8 Å². The summed E-state index contributed by atoms with van der Waals surface area (Å²) in [6, 6.07) is 8.63. The molecule has 7 nitrogen and oxygen atoms in total. The lowest BCUT2D eigenvalue weighted by Crippen LogP contribution is -2.39. The number of hydrogen-bond acceptors (Lipinski definition) is 5. The lowest BCUT2D eigenvalue weighted by atomic mass is 10.1. The number of hydrogen-bond donors (Lipinski definition) is 2. The number of alkyl halides is 2. The summed E-state index contributed by atoms with van der Waals surface area (Å²) in [6.07, 6.45) is 0. The minimum Gasteiger partial charge on any atom is -0.490 e. The molecule has 0 saturated carbocycles. The van der Waals surface area contributed by atoms with E-state index in [1.165, 1.54) is 6.07 Å². The first kappa shape index (κ1) is 26.1. The molecule has 0 spiro atoms. The first-order valence-corrected chi connectivity index (χ1v) is 10.6. The monoisotopic (exact) mass is 463 g/mol. The number of carbonyl (C=O) groups excluding carboxylic acids is 2. The van der Waals surface area contributed by atoms with Crippen LogP contribution in [0.1, 0.15) is 29.2 Å². The number of amides is 2. The molecule has 33 heavy (non-hydrogen) atoms. The van der Waals surface area contributed by atoms with Crippen molar-refractivity contribution in [3.63, 3.8) is 0 Å². The maximum absolute atomic E-state index is 12.5. The Morgan fingerprint density at radius 2 is 1.70 bits per heavy atom. The van der Waals surface area contributed by atoms with E-state index in [4.69, 9.17) is 4.74 Å². The van der Waals surface area contributed by atoms with Crippen molar-refractivity contribution >= 4 is 17.5 Å². The van der Waals surface area contributed by atoms with E-state index in [0.29, 0.717) is 13.2 Å². The summed E-state index contributed by atoms with van der Waals surface area (Å²) in [4.78, 5) is 26.3. The average Bonchev–Trinajstić information content (AvgIpc) is 2.71. The number of benzene rings is 2. The summed E-state index contributed by atoms with van der Waals surface area (Å²) in [7, 11) is 1.74. The highest BCUT2D eigenvalue weighted by Crippen LogP contribution is 2.30. The lowest BCUT2D eigenvalue weighted by Gasteiger charge is -2.18. The Balaban J connectivity index is 1.87. The second-order valence-corrected chi connectivity index (χ2v) is 7.86. The fourth-order valence-electron chi connectivity index (χ4n) is 3.52. The molecule has 0 aromatic heterocycles. The number of carbonyl (C=O) groups is 2.